The highest BCUT2D eigenvalue weighted by Crippen LogP contribution is 2.25. The van der Waals surface area contributed by atoms with Crippen LogP contribution in [0, 0.1) is 0 Å². The lowest BCUT2D eigenvalue weighted by atomic mass is 10.1. The van der Waals surface area contributed by atoms with Gasteiger partial charge in [-0.15, -0.1) is 0 Å². The van der Waals surface area contributed by atoms with E-state index in [2.05, 4.69) is 10.1 Å². The minimum atomic E-state index is -3.21. The first kappa shape index (κ1) is 15.0. The van der Waals surface area contributed by atoms with E-state index < -0.39 is 10.0 Å². The van der Waals surface area contributed by atoms with Gasteiger partial charge < -0.3 is 9.26 Å². The number of pyridine rings is 1. The molecule has 7 nitrogen and oxygen atoms in total. The van der Waals surface area contributed by atoms with Crippen LogP contribution in [0.5, 0.6) is 5.75 Å². The number of ether oxygens (including phenoxy) is 1. The van der Waals surface area contributed by atoms with Gasteiger partial charge in [0.25, 0.3) is 0 Å². The van der Waals surface area contributed by atoms with Gasteiger partial charge in [0.1, 0.15) is 23.8 Å². The van der Waals surface area contributed by atoms with Gasteiger partial charge in [-0.05, 0) is 19.1 Å². The van der Waals surface area contributed by atoms with Crippen LogP contribution in [-0.2, 0) is 29.6 Å². The SMILES string of the molecule is CCS(=O)(=O)N1CCc2onc(COc3cccnc3)c2C1. The molecule has 8 heteroatoms. The number of hydrogen-bond acceptors (Lipinski definition) is 6. The maximum Gasteiger partial charge on any atom is 0.214 e. The van der Waals surface area contributed by atoms with Gasteiger partial charge >= 0.3 is 0 Å². The summed E-state index contributed by atoms with van der Waals surface area (Å²) in [5, 5.41) is 4.01. The molecule has 1 aliphatic rings. The van der Waals surface area contributed by atoms with Crippen LogP contribution < -0.4 is 4.74 Å². The summed E-state index contributed by atoms with van der Waals surface area (Å²) in [4.78, 5) is 3.97. The van der Waals surface area contributed by atoms with Gasteiger partial charge in [0, 0.05) is 31.3 Å². The molecule has 0 saturated heterocycles. The van der Waals surface area contributed by atoms with E-state index in [9.17, 15) is 8.42 Å². The van der Waals surface area contributed by atoms with Gasteiger partial charge in [-0.3, -0.25) is 4.98 Å². The highest BCUT2D eigenvalue weighted by Gasteiger charge is 2.30. The molecule has 0 bridgehead atoms. The largest absolute Gasteiger partial charge is 0.486 e. The summed E-state index contributed by atoms with van der Waals surface area (Å²) < 4.78 is 36.4. The van der Waals surface area contributed by atoms with Crippen molar-refractivity contribution in [2.24, 2.45) is 0 Å². The quantitative estimate of drug-likeness (QED) is 0.826. The number of nitrogens with zero attached hydrogens (tertiary/aromatic N) is 3. The number of rotatable bonds is 5. The standard InChI is InChI=1S/C14H17N3O4S/c1-2-22(18,19)17-7-5-14-12(9-17)13(16-21-14)10-20-11-4-3-6-15-8-11/h3-4,6,8H,2,5,7,9-10H2,1H3. The Kier molecular flexibility index (Phi) is 4.12. The first-order chi connectivity index (χ1) is 10.6. The molecule has 0 fully saturated rings. The Morgan fingerprint density at radius 1 is 1.45 bits per heavy atom. The Hall–Kier alpha value is -1.93. The van der Waals surface area contributed by atoms with E-state index in [1.807, 2.05) is 0 Å². The molecule has 0 spiro atoms. The van der Waals surface area contributed by atoms with Gasteiger partial charge in [0.15, 0.2) is 0 Å². The van der Waals surface area contributed by atoms with Crippen molar-refractivity contribution in [3.8, 4) is 5.75 Å². The van der Waals surface area contributed by atoms with E-state index in [0.717, 1.165) is 11.3 Å². The van der Waals surface area contributed by atoms with Crippen LogP contribution in [0.2, 0.25) is 0 Å². The lowest BCUT2D eigenvalue weighted by Crippen LogP contribution is -2.36. The molecule has 0 amide bonds. The predicted molar refractivity (Wildman–Crippen MR) is 78.6 cm³/mol. The summed E-state index contributed by atoms with van der Waals surface area (Å²) in [5.41, 5.74) is 1.45. The summed E-state index contributed by atoms with van der Waals surface area (Å²) in [6, 6.07) is 3.58. The average molecular weight is 323 g/mol. The molecular weight excluding hydrogens is 306 g/mol. The minimum absolute atomic E-state index is 0.0924. The molecule has 0 aliphatic carbocycles. The Bertz CT molecular complexity index is 743. The first-order valence-corrected chi connectivity index (χ1v) is 8.68. The van der Waals surface area contributed by atoms with E-state index in [0.29, 0.717) is 31.0 Å². The zero-order chi connectivity index (χ0) is 15.6. The Labute approximate surface area is 128 Å². The minimum Gasteiger partial charge on any atom is -0.486 e. The van der Waals surface area contributed by atoms with E-state index in [-0.39, 0.29) is 12.4 Å². The second-order valence-electron chi connectivity index (χ2n) is 4.99. The lowest BCUT2D eigenvalue weighted by Gasteiger charge is -2.24. The molecule has 3 rings (SSSR count). The molecular formula is C14H17N3O4S. The molecule has 2 aromatic heterocycles. The monoisotopic (exact) mass is 323 g/mol. The average Bonchev–Trinajstić information content (AvgIpc) is 2.96. The summed E-state index contributed by atoms with van der Waals surface area (Å²) in [5.74, 6) is 1.47. The first-order valence-electron chi connectivity index (χ1n) is 7.07. The van der Waals surface area contributed by atoms with Gasteiger partial charge in [0.2, 0.25) is 10.0 Å². The molecule has 0 saturated carbocycles. The van der Waals surface area contributed by atoms with E-state index >= 15 is 0 Å². The van der Waals surface area contributed by atoms with E-state index in [1.165, 1.54) is 4.31 Å². The van der Waals surface area contributed by atoms with Crippen molar-refractivity contribution < 1.29 is 17.7 Å². The number of sulfonamides is 1. The van der Waals surface area contributed by atoms with E-state index in [1.54, 1.807) is 31.5 Å². The third-order valence-electron chi connectivity index (χ3n) is 3.64. The highest BCUT2D eigenvalue weighted by atomic mass is 32.2. The Morgan fingerprint density at radius 2 is 2.32 bits per heavy atom. The van der Waals surface area contributed by atoms with Crippen LogP contribution in [0.15, 0.2) is 29.0 Å². The number of aromatic nitrogens is 2. The zero-order valence-corrected chi connectivity index (χ0v) is 13.0. The molecule has 3 heterocycles. The molecule has 0 N–H and O–H groups in total. The van der Waals surface area contributed by atoms with Crippen molar-refractivity contribution >= 4 is 10.0 Å². The van der Waals surface area contributed by atoms with Crippen LogP contribution in [0.1, 0.15) is 23.9 Å². The van der Waals surface area contributed by atoms with Gasteiger partial charge in [-0.1, -0.05) is 5.16 Å². The smallest absolute Gasteiger partial charge is 0.214 e. The third kappa shape index (κ3) is 2.97. The van der Waals surface area contributed by atoms with Crippen molar-refractivity contribution in [1.82, 2.24) is 14.4 Å². The van der Waals surface area contributed by atoms with Crippen LogP contribution in [0.25, 0.3) is 0 Å². The molecule has 0 unspecified atom stereocenters. The van der Waals surface area contributed by atoms with Crippen LogP contribution >= 0.6 is 0 Å². The maximum absolute atomic E-state index is 12.0. The molecule has 1 aliphatic heterocycles. The fraction of sp³-hybridized carbons (Fsp3) is 0.429. The predicted octanol–water partition coefficient (Wildman–Crippen LogP) is 1.36. The lowest BCUT2D eigenvalue weighted by molar-refractivity contribution is 0.286. The van der Waals surface area contributed by atoms with Crippen molar-refractivity contribution in [3.05, 3.63) is 41.5 Å². The second-order valence-corrected chi connectivity index (χ2v) is 7.25. The van der Waals surface area contributed by atoms with Gasteiger partial charge in [-0.25, -0.2) is 8.42 Å². The van der Waals surface area contributed by atoms with Crippen molar-refractivity contribution in [1.29, 1.82) is 0 Å². The zero-order valence-electron chi connectivity index (χ0n) is 12.2. The molecule has 0 aromatic carbocycles. The van der Waals surface area contributed by atoms with Crippen LogP contribution in [-0.4, -0.2) is 35.2 Å². The molecule has 22 heavy (non-hydrogen) atoms. The molecule has 0 atom stereocenters. The molecule has 118 valence electrons. The van der Waals surface area contributed by atoms with Crippen LogP contribution in [0.3, 0.4) is 0 Å². The number of fused-ring (bicyclic) bond motifs is 1. The summed E-state index contributed by atoms with van der Waals surface area (Å²) in [6.07, 6.45) is 3.81. The highest BCUT2D eigenvalue weighted by molar-refractivity contribution is 7.89. The summed E-state index contributed by atoms with van der Waals surface area (Å²) in [6.45, 7) is 2.59. The van der Waals surface area contributed by atoms with E-state index in [4.69, 9.17) is 9.26 Å². The maximum atomic E-state index is 12.0. The molecule has 2 aromatic rings. The Morgan fingerprint density at radius 3 is 3.05 bits per heavy atom. The van der Waals surface area contributed by atoms with Crippen molar-refractivity contribution in [3.63, 3.8) is 0 Å². The van der Waals surface area contributed by atoms with Crippen LogP contribution in [0.4, 0.5) is 0 Å². The summed E-state index contributed by atoms with van der Waals surface area (Å²) >= 11 is 0. The fourth-order valence-electron chi connectivity index (χ4n) is 2.36. The number of hydrogen-bond donors (Lipinski definition) is 0. The van der Waals surface area contributed by atoms with Crippen molar-refractivity contribution in [2.45, 2.75) is 26.5 Å². The summed E-state index contributed by atoms with van der Waals surface area (Å²) in [7, 11) is -3.21. The third-order valence-corrected chi connectivity index (χ3v) is 5.47. The normalized spacial score (nSPS) is 15.5. The van der Waals surface area contributed by atoms with Gasteiger partial charge in [-0.2, -0.15) is 4.31 Å². The van der Waals surface area contributed by atoms with Gasteiger partial charge in [0.05, 0.1) is 11.9 Å². The Balaban J connectivity index is 1.75. The second kappa shape index (κ2) is 6.05. The topological polar surface area (TPSA) is 85.5 Å². The molecule has 0 radical (unpaired) electrons. The van der Waals surface area contributed by atoms with Crippen molar-refractivity contribution in [2.75, 3.05) is 12.3 Å². The fourth-order valence-corrected chi connectivity index (χ4v) is 3.42.